The molecule has 0 saturated carbocycles. The van der Waals surface area contributed by atoms with Crippen LogP contribution in [0.5, 0.6) is 0 Å². The average Bonchev–Trinajstić information content (AvgIpc) is 2.04. The topological polar surface area (TPSA) is 73.7 Å². The van der Waals surface area contributed by atoms with Crippen molar-refractivity contribution in [3.63, 3.8) is 0 Å². The zero-order valence-electron chi connectivity index (χ0n) is 6.42. The number of carbonyl (C=O) groups is 1. The van der Waals surface area contributed by atoms with Crippen molar-refractivity contribution >= 4 is 5.78 Å². The molecule has 12 heavy (non-hydrogen) atoms. The van der Waals surface area contributed by atoms with Crippen molar-refractivity contribution in [3.8, 4) is 6.07 Å². The molecule has 1 N–H and O–H groups in total. The van der Waals surface area contributed by atoms with Gasteiger partial charge in [0.05, 0.1) is 5.69 Å². The van der Waals surface area contributed by atoms with Crippen LogP contribution in [-0.4, -0.2) is 10.8 Å². The summed E-state index contributed by atoms with van der Waals surface area (Å²) in [5.41, 5.74) is -0.288. The summed E-state index contributed by atoms with van der Waals surface area (Å²) in [5, 5.41) is 8.39. The maximum Gasteiger partial charge on any atom is 0.266 e. The summed E-state index contributed by atoms with van der Waals surface area (Å²) in [5.74, 6) is -0.225. The van der Waals surface area contributed by atoms with Gasteiger partial charge in [0.15, 0.2) is 5.78 Å². The van der Waals surface area contributed by atoms with Crippen LogP contribution in [0.25, 0.3) is 0 Å². The van der Waals surface area contributed by atoms with E-state index < -0.39 is 5.56 Å². The lowest BCUT2D eigenvalue weighted by Crippen LogP contribution is -2.13. The second kappa shape index (κ2) is 3.01. The number of hydrogen-bond acceptors (Lipinski definition) is 3. The molecule has 4 heteroatoms. The van der Waals surface area contributed by atoms with E-state index in [2.05, 4.69) is 4.98 Å². The first-order valence-electron chi connectivity index (χ1n) is 3.29. The third kappa shape index (κ3) is 1.40. The van der Waals surface area contributed by atoms with Gasteiger partial charge in [0.2, 0.25) is 0 Å². The molecular weight excluding hydrogens is 156 g/mol. The van der Waals surface area contributed by atoms with Gasteiger partial charge in [-0.2, -0.15) is 5.26 Å². The Morgan fingerprint density at radius 3 is 2.67 bits per heavy atom. The summed E-state index contributed by atoms with van der Waals surface area (Å²) in [6, 6.07) is 4.45. The minimum atomic E-state index is -0.523. The predicted molar refractivity (Wildman–Crippen MR) is 41.8 cm³/mol. The normalized spacial score (nSPS) is 9.00. The molecule has 0 fully saturated rings. The number of pyridine rings is 1. The number of ketones is 1. The van der Waals surface area contributed by atoms with Crippen LogP contribution in [0.3, 0.4) is 0 Å². The molecule has 0 aromatic carbocycles. The Hall–Kier alpha value is -1.89. The average molecular weight is 162 g/mol. The number of nitriles is 1. The van der Waals surface area contributed by atoms with Gasteiger partial charge in [-0.25, -0.2) is 0 Å². The number of aromatic nitrogens is 1. The van der Waals surface area contributed by atoms with E-state index in [4.69, 9.17) is 5.26 Å². The van der Waals surface area contributed by atoms with Crippen molar-refractivity contribution in [1.82, 2.24) is 4.98 Å². The van der Waals surface area contributed by atoms with Gasteiger partial charge in [-0.15, -0.1) is 0 Å². The van der Waals surface area contributed by atoms with Crippen LogP contribution in [0.2, 0.25) is 0 Å². The molecule has 60 valence electrons. The van der Waals surface area contributed by atoms with Gasteiger partial charge in [0.1, 0.15) is 11.6 Å². The lowest BCUT2D eigenvalue weighted by molar-refractivity contribution is 0.101. The Bertz CT molecular complexity index is 412. The molecule has 0 aliphatic carbocycles. The van der Waals surface area contributed by atoms with E-state index >= 15 is 0 Å². The number of aromatic amines is 1. The molecule has 0 bridgehead atoms. The van der Waals surface area contributed by atoms with Crippen LogP contribution in [0, 0.1) is 11.3 Å². The van der Waals surface area contributed by atoms with Crippen LogP contribution >= 0.6 is 0 Å². The van der Waals surface area contributed by atoms with Gasteiger partial charge in [-0.05, 0) is 12.1 Å². The summed E-state index contributed by atoms with van der Waals surface area (Å²) in [6.07, 6.45) is 0. The van der Waals surface area contributed by atoms with Gasteiger partial charge in [0, 0.05) is 6.92 Å². The van der Waals surface area contributed by atoms with Crippen LogP contribution in [0.1, 0.15) is 23.0 Å². The molecule has 0 amide bonds. The molecule has 0 spiro atoms. The first kappa shape index (κ1) is 8.21. The Morgan fingerprint density at radius 1 is 1.58 bits per heavy atom. The lowest BCUT2D eigenvalue weighted by Gasteiger charge is -1.93. The molecule has 0 aliphatic rings. The zero-order valence-corrected chi connectivity index (χ0v) is 6.42. The number of Topliss-reactive ketones (excluding diaryl/α,β-unsaturated/α-hetero) is 1. The Labute approximate surface area is 68.5 Å². The van der Waals surface area contributed by atoms with E-state index in [9.17, 15) is 9.59 Å². The zero-order chi connectivity index (χ0) is 9.14. The maximum atomic E-state index is 10.9. The fraction of sp³-hybridized carbons (Fsp3) is 0.125. The largest absolute Gasteiger partial charge is 0.318 e. The van der Waals surface area contributed by atoms with Crippen LogP contribution in [-0.2, 0) is 0 Å². The molecule has 0 atom stereocenters. The number of hydrogen-bond donors (Lipinski definition) is 1. The molecule has 1 rings (SSSR count). The van der Waals surface area contributed by atoms with E-state index in [0.29, 0.717) is 0 Å². The van der Waals surface area contributed by atoms with Crippen molar-refractivity contribution in [2.45, 2.75) is 6.92 Å². The number of carbonyl (C=O) groups excluding carboxylic acids is 1. The molecule has 0 radical (unpaired) electrons. The minimum Gasteiger partial charge on any atom is -0.318 e. The summed E-state index contributed by atoms with van der Waals surface area (Å²) < 4.78 is 0. The highest BCUT2D eigenvalue weighted by Crippen LogP contribution is 1.94. The van der Waals surface area contributed by atoms with Gasteiger partial charge < -0.3 is 4.98 Å². The van der Waals surface area contributed by atoms with Gasteiger partial charge in [0.25, 0.3) is 5.56 Å². The highest BCUT2D eigenvalue weighted by Gasteiger charge is 2.02. The van der Waals surface area contributed by atoms with Crippen molar-refractivity contribution < 1.29 is 4.79 Å². The second-order valence-electron chi connectivity index (χ2n) is 2.28. The van der Waals surface area contributed by atoms with Gasteiger partial charge >= 0.3 is 0 Å². The summed E-state index contributed by atoms with van der Waals surface area (Å²) in [7, 11) is 0. The molecule has 1 aromatic heterocycles. The van der Waals surface area contributed by atoms with Crippen molar-refractivity contribution in [2.75, 3.05) is 0 Å². The Kier molecular flexibility index (Phi) is 2.06. The third-order valence-corrected chi connectivity index (χ3v) is 1.41. The van der Waals surface area contributed by atoms with Crippen molar-refractivity contribution in [2.24, 2.45) is 0 Å². The molecule has 0 saturated heterocycles. The van der Waals surface area contributed by atoms with Crippen molar-refractivity contribution in [3.05, 3.63) is 33.7 Å². The Morgan fingerprint density at radius 2 is 2.25 bits per heavy atom. The summed E-state index contributed by atoms with van der Waals surface area (Å²) in [6.45, 7) is 1.34. The number of rotatable bonds is 1. The summed E-state index contributed by atoms with van der Waals surface area (Å²) >= 11 is 0. The highest BCUT2D eigenvalue weighted by molar-refractivity contribution is 5.92. The summed E-state index contributed by atoms with van der Waals surface area (Å²) in [4.78, 5) is 24.0. The Balaban J connectivity index is 3.31. The van der Waals surface area contributed by atoms with Crippen LogP contribution < -0.4 is 5.56 Å². The number of H-pyrrole nitrogens is 1. The van der Waals surface area contributed by atoms with Crippen LogP contribution in [0.15, 0.2) is 16.9 Å². The number of nitrogens with one attached hydrogen (secondary N) is 1. The monoisotopic (exact) mass is 162 g/mol. The highest BCUT2D eigenvalue weighted by atomic mass is 16.1. The number of nitrogens with zero attached hydrogens (tertiary/aromatic N) is 1. The van der Waals surface area contributed by atoms with E-state index in [1.807, 2.05) is 0 Å². The molecule has 0 aliphatic heterocycles. The predicted octanol–water partition coefficient (Wildman–Crippen LogP) is 0.449. The first-order valence-corrected chi connectivity index (χ1v) is 3.29. The second-order valence-corrected chi connectivity index (χ2v) is 2.28. The molecule has 4 nitrogen and oxygen atoms in total. The van der Waals surface area contributed by atoms with E-state index in [-0.39, 0.29) is 17.0 Å². The van der Waals surface area contributed by atoms with Gasteiger partial charge in [-0.3, -0.25) is 9.59 Å². The molecular formula is C8H6N2O2. The smallest absolute Gasteiger partial charge is 0.266 e. The third-order valence-electron chi connectivity index (χ3n) is 1.41. The van der Waals surface area contributed by atoms with E-state index in [1.54, 1.807) is 6.07 Å². The van der Waals surface area contributed by atoms with Crippen molar-refractivity contribution in [1.29, 1.82) is 5.26 Å². The fourth-order valence-electron chi connectivity index (χ4n) is 0.767. The lowest BCUT2D eigenvalue weighted by atomic mass is 10.2. The minimum absolute atomic E-state index is 0.0139. The fourth-order valence-corrected chi connectivity index (χ4v) is 0.767. The molecule has 0 unspecified atom stereocenters. The molecule has 1 aromatic rings. The van der Waals surface area contributed by atoms with Gasteiger partial charge in [-0.1, -0.05) is 0 Å². The quantitative estimate of drug-likeness (QED) is 0.609. The first-order chi connectivity index (χ1) is 5.65. The van der Waals surface area contributed by atoms with Crippen LogP contribution in [0.4, 0.5) is 0 Å². The van der Waals surface area contributed by atoms with E-state index in [1.165, 1.54) is 19.1 Å². The standard InChI is InChI=1S/C8H6N2O2/c1-5(11)7-3-2-6(4-9)8(12)10-7/h2-3H,1H3,(H,10,12). The van der Waals surface area contributed by atoms with E-state index in [0.717, 1.165) is 0 Å². The SMILES string of the molecule is CC(=O)c1ccc(C#N)c(=O)[nH]1. The maximum absolute atomic E-state index is 10.9. The molecule has 1 heterocycles.